The van der Waals surface area contributed by atoms with Gasteiger partial charge in [-0.3, -0.25) is 4.57 Å². The second kappa shape index (κ2) is 5.06. The second-order valence-electron chi connectivity index (χ2n) is 3.52. The number of thioether (sulfide) groups is 1. The van der Waals surface area contributed by atoms with Crippen molar-refractivity contribution in [3.8, 4) is 5.69 Å². The topological polar surface area (TPSA) is 17.8 Å². The number of hydrogen-bond acceptors (Lipinski definition) is 2. The molecule has 1 aromatic heterocycles. The first-order valence-corrected chi connectivity index (χ1v) is 6.35. The van der Waals surface area contributed by atoms with Crippen LogP contribution in [0.15, 0.2) is 41.6 Å². The Balaban J connectivity index is 2.53. The van der Waals surface area contributed by atoms with Crippen LogP contribution in [0.3, 0.4) is 0 Å². The van der Waals surface area contributed by atoms with Crippen LogP contribution in [0.25, 0.3) is 5.69 Å². The van der Waals surface area contributed by atoms with E-state index in [1.165, 1.54) is 18.0 Å². The van der Waals surface area contributed by atoms with Crippen molar-refractivity contribution in [2.24, 2.45) is 0 Å². The molecule has 2 rings (SSSR count). The van der Waals surface area contributed by atoms with Gasteiger partial charge in [0.2, 0.25) is 5.82 Å². The van der Waals surface area contributed by atoms with Gasteiger partial charge in [-0.25, -0.2) is 4.98 Å². The van der Waals surface area contributed by atoms with Crippen molar-refractivity contribution < 1.29 is 13.2 Å². The molecule has 0 bridgehead atoms. The molecule has 0 radical (unpaired) electrons. The Labute approximate surface area is 107 Å². The summed E-state index contributed by atoms with van der Waals surface area (Å²) in [6.07, 6.45) is -1.96. The molecule has 2 aromatic rings. The summed E-state index contributed by atoms with van der Waals surface area (Å²) >= 11 is 1.50. The van der Waals surface area contributed by atoms with Gasteiger partial charge in [0.25, 0.3) is 0 Å². The van der Waals surface area contributed by atoms with E-state index in [4.69, 9.17) is 0 Å². The van der Waals surface area contributed by atoms with E-state index < -0.39 is 12.0 Å². The number of halogens is 3. The van der Waals surface area contributed by atoms with E-state index in [9.17, 15) is 13.2 Å². The predicted molar refractivity (Wildman–Crippen MR) is 65.0 cm³/mol. The maximum absolute atomic E-state index is 12.8. The zero-order valence-corrected chi connectivity index (χ0v) is 10.4. The van der Waals surface area contributed by atoms with Crippen LogP contribution in [0.4, 0.5) is 13.2 Å². The number of benzene rings is 1. The number of nitrogens with zero attached hydrogens (tertiary/aromatic N) is 2. The SMILES string of the molecule is CCSc1ccccc1-n1ccnc1C(F)(F)F. The van der Waals surface area contributed by atoms with Crippen LogP contribution in [-0.2, 0) is 6.18 Å². The highest BCUT2D eigenvalue weighted by Gasteiger charge is 2.36. The first-order valence-electron chi connectivity index (χ1n) is 5.36. The monoisotopic (exact) mass is 272 g/mol. The number of aromatic nitrogens is 2. The van der Waals surface area contributed by atoms with Gasteiger partial charge in [0.05, 0.1) is 5.69 Å². The lowest BCUT2D eigenvalue weighted by atomic mass is 10.3. The minimum absolute atomic E-state index is 0.508. The number of imidazole rings is 1. The molecule has 0 aliphatic rings. The lowest BCUT2D eigenvalue weighted by Gasteiger charge is -2.13. The molecular formula is C12H11F3N2S. The van der Waals surface area contributed by atoms with Crippen LogP contribution in [0, 0.1) is 0 Å². The minimum atomic E-state index is -4.45. The fourth-order valence-electron chi connectivity index (χ4n) is 1.64. The summed E-state index contributed by atoms with van der Waals surface area (Å²) in [6, 6.07) is 7.00. The highest BCUT2D eigenvalue weighted by Crippen LogP contribution is 2.32. The highest BCUT2D eigenvalue weighted by atomic mass is 32.2. The predicted octanol–water partition coefficient (Wildman–Crippen LogP) is 4.00. The summed E-state index contributed by atoms with van der Waals surface area (Å²) < 4.78 is 39.5. The Hall–Kier alpha value is -1.43. The number of alkyl halides is 3. The molecule has 0 aliphatic heterocycles. The van der Waals surface area contributed by atoms with Crippen molar-refractivity contribution in [1.29, 1.82) is 0 Å². The Morgan fingerprint density at radius 3 is 2.67 bits per heavy atom. The lowest BCUT2D eigenvalue weighted by molar-refractivity contribution is -0.145. The zero-order valence-electron chi connectivity index (χ0n) is 9.61. The fourth-order valence-corrected chi connectivity index (χ4v) is 2.44. The summed E-state index contributed by atoms with van der Waals surface area (Å²) in [7, 11) is 0. The van der Waals surface area contributed by atoms with Gasteiger partial charge >= 0.3 is 6.18 Å². The Morgan fingerprint density at radius 2 is 2.00 bits per heavy atom. The molecule has 0 saturated carbocycles. The summed E-state index contributed by atoms with van der Waals surface area (Å²) in [5, 5.41) is 0. The van der Waals surface area contributed by atoms with Gasteiger partial charge in [-0.15, -0.1) is 11.8 Å². The van der Waals surface area contributed by atoms with E-state index in [1.54, 1.807) is 12.1 Å². The number of para-hydroxylation sites is 1. The molecule has 0 saturated heterocycles. The third-order valence-corrected chi connectivity index (χ3v) is 3.26. The Kier molecular flexibility index (Phi) is 3.65. The van der Waals surface area contributed by atoms with Gasteiger partial charge in [0, 0.05) is 17.3 Å². The normalized spacial score (nSPS) is 11.8. The molecule has 96 valence electrons. The van der Waals surface area contributed by atoms with Crippen LogP contribution in [0.1, 0.15) is 12.7 Å². The molecule has 18 heavy (non-hydrogen) atoms. The third kappa shape index (κ3) is 2.53. The van der Waals surface area contributed by atoms with Crippen molar-refractivity contribution in [3.05, 3.63) is 42.5 Å². The van der Waals surface area contributed by atoms with E-state index in [1.807, 2.05) is 19.1 Å². The summed E-state index contributed by atoms with van der Waals surface area (Å²) in [5.74, 6) is -0.0979. The fraction of sp³-hybridized carbons (Fsp3) is 0.250. The quantitative estimate of drug-likeness (QED) is 0.786. The summed E-state index contributed by atoms with van der Waals surface area (Å²) in [4.78, 5) is 4.20. The van der Waals surface area contributed by atoms with Crippen LogP contribution in [-0.4, -0.2) is 15.3 Å². The Bertz CT molecular complexity index is 534. The van der Waals surface area contributed by atoms with E-state index >= 15 is 0 Å². The lowest BCUT2D eigenvalue weighted by Crippen LogP contribution is -2.13. The summed E-state index contributed by atoms with van der Waals surface area (Å²) in [5.41, 5.74) is 0.508. The molecule has 0 fully saturated rings. The molecule has 0 aliphatic carbocycles. The molecule has 0 N–H and O–H groups in total. The van der Waals surface area contributed by atoms with Crippen LogP contribution < -0.4 is 0 Å². The van der Waals surface area contributed by atoms with E-state index in [0.717, 1.165) is 21.4 Å². The number of hydrogen-bond donors (Lipinski definition) is 0. The zero-order chi connectivity index (χ0) is 13.2. The first kappa shape index (κ1) is 13.0. The first-order chi connectivity index (χ1) is 8.54. The van der Waals surface area contributed by atoms with Gasteiger partial charge in [0.1, 0.15) is 0 Å². The molecule has 6 heteroatoms. The molecule has 0 atom stereocenters. The molecule has 0 spiro atoms. The van der Waals surface area contributed by atoms with Crippen molar-refractivity contribution >= 4 is 11.8 Å². The van der Waals surface area contributed by atoms with Gasteiger partial charge in [-0.05, 0) is 17.9 Å². The van der Waals surface area contributed by atoms with E-state index in [-0.39, 0.29) is 0 Å². The second-order valence-corrected chi connectivity index (χ2v) is 4.83. The molecular weight excluding hydrogens is 261 g/mol. The van der Waals surface area contributed by atoms with Crippen molar-refractivity contribution in [1.82, 2.24) is 9.55 Å². The molecule has 2 nitrogen and oxygen atoms in total. The average molecular weight is 272 g/mol. The van der Waals surface area contributed by atoms with Gasteiger partial charge in [0.15, 0.2) is 0 Å². The third-order valence-electron chi connectivity index (χ3n) is 2.32. The van der Waals surface area contributed by atoms with Gasteiger partial charge in [-0.2, -0.15) is 13.2 Å². The maximum atomic E-state index is 12.8. The maximum Gasteiger partial charge on any atom is 0.450 e. The molecule has 1 heterocycles. The van der Waals surface area contributed by atoms with E-state index in [2.05, 4.69) is 4.98 Å². The number of rotatable bonds is 3. The molecule has 0 amide bonds. The largest absolute Gasteiger partial charge is 0.450 e. The standard InChI is InChI=1S/C12H11F3N2S/c1-2-18-10-6-4-3-5-9(10)17-8-7-16-11(17)12(13,14)15/h3-8H,2H2,1H3. The van der Waals surface area contributed by atoms with E-state index in [0.29, 0.717) is 5.69 Å². The van der Waals surface area contributed by atoms with Crippen molar-refractivity contribution in [3.63, 3.8) is 0 Å². The average Bonchev–Trinajstić information content (AvgIpc) is 2.78. The molecule has 1 aromatic carbocycles. The van der Waals surface area contributed by atoms with Gasteiger partial charge in [-0.1, -0.05) is 19.1 Å². The minimum Gasteiger partial charge on any atom is -0.295 e. The van der Waals surface area contributed by atoms with Gasteiger partial charge < -0.3 is 0 Å². The van der Waals surface area contributed by atoms with Crippen LogP contribution in [0.5, 0.6) is 0 Å². The molecule has 0 unspecified atom stereocenters. The Morgan fingerprint density at radius 1 is 1.28 bits per heavy atom. The van der Waals surface area contributed by atoms with Crippen molar-refractivity contribution in [2.75, 3.05) is 5.75 Å². The van der Waals surface area contributed by atoms with Crippen LogP contribution in [0.2, 0.25) is 0 Å². The van der Waals surface area contributed by atoms with Crippen LogP contribution >= 0.6 is 11.8 Å². The highest BCUT2D eigenvalue weighted by molar-refractivity contribution is 7.99. The smallest absolute Gasteiger partial charge is 0.295 e. The van der Waals surface area contributed by atoms with Crippen molar-refractivity contribution in [2.45, 2.75) is 18.0 Å². The summed E-state index contributed by atoms with van der Waals surface area (Å²) in [6.45, 7) is 1.96.